The number of amides is 4. The molecular weight excluding hydrogens is 697 g/mol. The third-order valence-corrected chi connectivity index (χ3v) is 8.17. The van der Waals surface area contributed by atoms with Crippen molar-refractivity contribution in [2.75, 3.05) is 52.2 Å². The van der Waals surface area contributed by atoms with Gasteiger partial charge < -0.3 is 46.0 Å². The van der Waals surface area contributed by atoms with Gasteiger partial charge in [0.05, 0.1) is 28.2 Å². The minimum absolute atomic E-state index is 0.0315. The van der Waals surface area contributed by atoms with Gasteiger partial charge in [0.2, 0.25) is 0 Å². The number of benzene rings is 2. The number of H-pyrrole nitrogens is 1. The maximum Gasteiger partial charge on any atom is 0.291 e. The number of nitrogens with zero attached hydrogens (tertiary/aromatic N) is 4. The number of amidine groups is 1. The number of aryl methyl sites for hydroxylation is 2. The van der Waals surface area contributed by atoms with Crippen molar-refractivity contribution in [2.45, 2.75) is 6.42 Å². The zero-order chi connectivity index (χ0) is 36.7. The molecule has 3 heterocycles. The van der Waals surface area contributed by atoms with Crippen LogP contribution in [0.4, 0.5) is 22.7 Å². The predicted octanol–water partition coefficient (Wildman–Crippen LogP) is 4.34. The Hall–Kier alpha value is -5.80. The zero-order valence-corrected chi connectivity index (χ0v) is 29.4. The van der Waals surface area contributed by atoms with Gasteiger partial charge >= 0.3 is 0 Å². The standard InChI is InChI=1S/C34H37Cl2N11O4/c1-45-18-22(16-27(45)32(49)39-12-9-29(37)38)41-33(50)28-17-23(19-46(28)2)42-34(51)30-43-25-8-5-21(15-26(25)44-30)40-31(48)20-3-6-24(7-4-20)47(13-10-35)14-11-36/h3-8,15-19H,9-14H2,1-2H3,(H3,37,38)(H,39,49)(H,40,48)(H,41,50)(H,42,51)(H,43,44). The van der Waals surface area contributed by atoms with E-state index in [0.717, 1.165) is 5.69 Å². The number of hydrogen-bond acceptors (Lipinski definition) is 7. The molecule has 3 aromatic heterocycles. The molecule has 15 nitrogen and oxygen atoms in total. The highest BCUT2D eigenvalue weighted by Crippen LogP contribution is 2.22. The molecule has 0 atom stereocenters. The van der Waals surface area contributed by atoms with Crippen LogP contribution >= 0.6 is 23.2 Å². The first-order chi connectivity index (χ1) is 24.4. The lowest BCUT2D eigenvalue weighted by atomic mass is 10.1. The van der Waals surface area contributed by atoms with Gasteiger partial charge in [0.1, 0.15) is 11.4 Å². The van der Waals surface area contributed by atoms with E-state index in [0.29, 0.717) is 64.2 Å². The molecule has 5 aromatic rings. The summed E-state index contributed by atoms with van der Waals surface area (Å²) in [5, 5.41) is 18.3. The monoisotopic (exact) mass is 733 g/mol. The topological polar surface area (TPSA) is 208 Å². The Morgan fingerprint density at radius 1 is 0.804 bits per heavy atom. The summed E-state index contributed by atoms with van der Waals surface area (Å²) in [4.78, 5) is 61.1. The van der Waals surface area contributed by atoms with E-state index >= 15 is 0 Å². The highest BCUT2D eigenvalue weighted by atomic mass is 35.5. The van der Waals surface area contributed by atoms with Crippen LogP contribution in [0.2, 0.25) is 0 Å². The average Bonchev–Trinajstić information content (AvgIpc) is 3.80. The normalized spacial score (nSPS) is 10.9. The summed E-state index contributed by atoms with van der Waals surface area (Å²) in [6.07, 6.45) is 3.41. The minimum atomic E-state index is -0.532. The van der Waals surface area contributed by atoms with Gasteiger partial charge in [0.15, 0.2) is 5.82 Å². The number of imidazole rings is 1. The van der Waals surface area contributed by atoms with Crippen LogP contribution < -0.4 is 31.9 Å². The number of nitrogens with one attached hydrogen (secondary N) is 6. The summed E-state index contributed by atoms with van der Waals surface area (Å²) in [6, 6.07) is 15.3. The summed E-state index contributed by atoms with van der Waals surface area (Å²) in [6.45, 7) is 1.49. The lowest BCUT2D eigenvalue weighted by Crippen LogP contribution is -2.28. The smallest absolute Gasteiger partial charge is 0.291 e. The number of rotatable bonds is 15. The van der Waals surface area contributed by atoms with Crippen LogP contribution in [0.3, 0.4) is 0 Å². The third-order valence-electron chi connectivity index (χ3n) is 7.83. The Bertz CT molecular complexity index is 2080. The molecule has 0 aliphatic heterocycles. The van der Waals surface area contributed by atoms with Crippen molar-refractivity contribution in [3.05, 3.63) is 89.8 Å². The van der Waals surface area contributed by atoms with Crippen LogP contribution in [-0.2, 0) is 14.1 Å². The van der Waals surface area contributed by atoms with Gasteiger partial charge in [-0.05, 0) is 54.6 Å². The summed E-state index contributed by atoms with van der Waals surface area (Å²) in [5.41, 5.74) is 9.59. The van der Waals surface area contributed by atoms with Crippen molar-refractivity contribution in [3.63, 3.8) is 0 Å². The number of anilines is 4. The molecule has 8 N–H and O–H groups in total. The van der Waals surface area contributed by atoms with E-state index in [1.54, 1.807) is 66.0 Å². The van der Waals surface area contributed by atoms with Gasteiger partial charge in [-0.3, -0.25) is 24.6 Å². The zero-order valence-electron chi connectivity index (χ0n) is 27.8. The number of carbonyl (C=O) groups is 4. The molecule has 0 fully saturated rings. The molecule has 0 bridgehead atoms. The maximum absolute atomic E-state index is 13.1. The lowest BCUT2D eigenvalue weighted by molar-refractivity contribution is 0.0944. The fourth-order valence-electron chi connectivity index (χ4n) is 5.30. The number of aromatic amines is 1. The molecule has 0 saturated heterocycles. The van der Waals surface area contributed by atoms with E-state index in [4.69, 9.17) is 34.3 Å². The van der Waals surface area contributed by atoms with Gasteiger partial charge in [0.25, 0.3) is 23.6 Å². The van der Waals surface area contributed by atoms with Gasteiger partial charge in [-0.15, -0.1) is 23.2 Å². The second kappa shape index (κ2) is 16.3. The van der Waals surface area contributed by atoms with Crippen LogP contribution in [0.25, 0.3) is 11.0 Å². The van der Waals surface area contributed by atoms with E-state index in [-0.39, 0.29) is 42.1 Å². The van der Waals surface area contributed by atoms with Crippen molar-refractivity contribution in [2.24, 2.45) is 19.8 Å². The van der Waals surface area contributed by atoms with Gasteiger partial charge in [-0.2, -0.15) is 0 Å². The molecule has 0 aliphatic rings. The van der Waals surface area contributed by atoms with E-state index in [1.807, 2.05) is 17.0 Å². The van der Waals surface area contributed by atoms with Crippen LogP contribution in [0.5, 0.6) is 0 Å². The van der Waals surface area contributed by atoms with E-state index < -0.39 is 11.8 Å². The summed E-state index contributed by atoms with van der Waals surface area (Å²) in [7, 11) is 3.33. The minimum Gasteiger partial charge on any atom is -0.388 e. The second-order valence-electron chi connectivity index (χ2n) is 11.6. The Balaban J connectivity index is 1.20. The summed E-state index contributed by atoms with van der Waals surface area (Å²) in [5.74, 6) is -0.749. The van der Waals surface area contributed by atoms with E-state index in [1.165, 1.54) is 12.1 Å². The maximum atomic E-state index is 13.1. The lowest BCUT2D eigenvalue weighted by Gasteiger charge is -2.22. The molecule has 0 saturated carbocycles. The first-order valence-electron chi connectivity index (χ1n) is 15.8. The molecule has 5 rings (SSSR count). The summed E-state index contributed by atoms with van der Waals surface area (Å²) < 4.78 is 3.13. The first-order valence-corrected chi connectivity index (χ1v) is 16.9. The van der Waals surface area contributed by atoms with Crippen molar-refractivity contribution in [1.29, 1.82) is 5.41 Å². The van der Waals surface area contributed by atoms with Crippen LogP contribution in [0.15, 0.2) is 67.0 Å². The summed E-state index contributed by atoms with van der Waals surface area (Å²) >= 11 is 11.8. The van der Waals surface area contributed by atoms with E-state index in [9.17, 15) is 19.2 Å². The highest BCUT2D eigenvalue weighted by Gasteiger charge is 2.19. The first kappa shape index (κ1) is 36.5. The fraction of sp³-hybridized carbons (Fsp3) is 0.235. The Morgan fingerprint density at radius 3 is 2.00 bits per heavy atom. The van der Waals surface area contributed by atoms with Gasteiger partial charge in [-0.25, -0.2) is 4.98 Å². The number of fused-ring (bicyclic) bond motifs is 1. The predicted molar refractivity (Wildman–Crippen MR) is 200 cm³/mol. The molecule has 4 amide bonds. The highest BCUT2D eigenvalue weighted by molar-refractivity contribution is 6.18. The van der Waals surface area contributed by atoms with Crippen LogP contribution in [0, 0.1) is 5.41 Å². The molecule has 51 heavy (non-hydrogen) atoms. The average molecular weight is 735 g/mol. The number of aromatic nitrogens is 4. The molecule has 266 valence electrons. The number of halogens is 2. The van der Waals surface area contributed by atoms with Crippen molar-refractivity contribution < 1.29 is 19.2 Å². The molecule has 0 aliphatic carbocycles. The number of nitrogens with two attached hydrogens (primary N) is 1. The van der Waals surface area contributed by atoms with Crippen molar-refractivity contribution in [3.8, 4) is 0 Å². The molecule has 17 heteroatoms. The quantitative estimate of drug-likeness (QED) is 0.0470. The Kier molecular flexibility index (Phi) is 11.6. The molecular formula is C34H37Cl2N11O4. The van der Waals surface area contributed by atoms with Crippen LogP contribution in [0.1, 0.15) is 48.4 Å². The van der Waals surface area contributed by atoms with E-state index in [2.05, 4.69) is 31.2 Å². The van der Waals surface area contributed by atoms with Gasteiger partial charge in [0, 0.05) is 81.2 Å². The van der Waals surface area contributed by atoms with Crippen molar-refractivity contribution >= 4 is 86.4 Å². The van der Waals surface area contributed by atoms with Gasteiger partial charge in [-0.1, -0.05) is 0 Å². The Morgan fingerprint density at radius 2 is 1.39 bits per heavy atom. The number of hydrogen-bond donors (Lipinski definition) is 7. The largest absolute Gasteiger partial charge is 0.388 e. The molecule has 2 aromatic carbocycles. The fourth-order valence-corrected chi connectivity index (χ4v) is 5.70. The van der Waals surface area contributed by atoms with Crippen LogP contribution in [-0.4, -0.2) is 80.0 Å². The SMILES string of the molecule is Cn1cc(NC(=O)c2cc(NC(=O)c3nc4cc(NC(=O)c5ccc(N(CCCl)CCCl)cc5)ccc4[nH]3)cn2C)cc1C(=O)NCCC(=N)N. The third kappa shape index (κ3) is 9.06. The number of carbonyl (C=O) groups excluding carboxylic acids is 4. The van der Waals surface area contributed by atoms with Crippen molar-refractivity contribution in [1.82, 2.24) is 24.4 Å². The molecule has 0 unspecified atom stereocenters. The Labute approximate surface area is 303 Å². The number of alkyl halides is 2. The second-order valence-corrected chi connectivity index (χ2v) is 12.3. The molecule has 0 radical (unpaired) electrons. The molecule has 0 spiro atoms.